The van der Waals surface area contributed by atoms with Crippen molar-refractivity contribution in [1.29, 1.82) is 0 Å². The minimum atomic E-state index is 0.638. The minimum absolute atomic E-state index is 0.638. The van der Waals surface area contributed by atoms with Gasteiger partial charge in [0.2, 0.25) is 5.88 Å². The van der Waals surface area contributed by atoms with E-state index >= 15 is 0 Å². The Morgan fingerprint density at radius 3 is 2.85 bits per heavy atom. The summed E-state index contributed by atoms with van der Waals surface area (Å²) in [6.07, 6.45) is 4.34. The first-order chi connectivity index (χ1) is 13.3. The molecule has 1 saturated heterocycles. The molecule has 1 aliphatic rings. The first-order valence-electron chi connectivity index (χ1n) is 9.44. The van der Waals surface area contributed by atoms with Crippen molar-refractivity contribution < 1.29 is 9.26 Å². The van der Waals surface area contributed by atoms with Crippen LogP contribution in [0.5, 0.6) is 5.88 Å². The van der Waals surface area contributed by atoms with E-state index in [1.165, 1.54) is 0 Å². The summed E-state index contributed by atoms with van der Waals surface area (Å²) in [5.41, 5.74) is 2.01. The van der Waals surface area contributed by atoms with Gasteiger partial charge in [0, 0.05) is 64.1 Å². The molecule has 0 radical (unpaired) electrons. The van der Waals surface area contributed by atoms with E-state index in [-0.39, 0.29) is 0 Å². The lowest BCUT2D eigenvalue weighted by molar-refractivity contribution is 0.169. The van der Waals surface area contributed by atoms with Gasteiger partial charge in [-0.2, -0.15) is 0 Å². The van der Waals surface area contributed by atoms with Crippen LogP contribution in [0.25, 0.3) is 0 Å². The molecule has 0 unspecified atom stereocenters. The summed E-state index contributed by atoms with van der Waals surface area (Å²) in [4.78, 5) is 13.4. The van der Waals surface area contributed by atoms with E-state index in [1.807, 2.05) is 25.2 Å². The molecular weight excluding hydrogens is 344 g/mol. The topological polar surface area (TPSA) is 79.0 Å². The zero-order chi connectivity index (χ0) is 18.9. The molecule has 0 bridgehead atoms. The van der Waals surface area contributed by atoms with Crippen LogP contribution in [0.1, 0.15) is 24.6 Å². The third kappa shape index (κ3) is 5.43. The lowest BCUT2D eigenvalue weighted by Crippen LogP contribution is -2.52. The normalized spacial score (nSPS) is 15.8. The zero-order valence-corrected chi connectivity index (χ0v) is 16.1. The third-order valence-electron chi connectivity index (χ3n) is 4.49. The Labute approximate surface area is 160 Å². The quantitative estimate of drug-likeness (QED) is 0.586. The average Bonchev–Trinajstić information content (AvgIpc) is 3.22. The van der Waals surface area contributed by atoms with Crippen LogP contribution in [0.2, 0.25) is 0 Å². The second-order valence-corrected chi connectivity index (χ2v) is 6.47. The van der Waals surface area contributed by atoms with E-state index in [2.05, 4.69) is 37.2 Å². The Kier molecular flexibility index (Phi) is 7.04. The first kappa shape index (κ1) is 19.2. The fourth-order valence-electron chi connectivity index (χ4n) is 3.06. The number of nitrogens with one attached hydrogen (secondary N) is 1. The van der Waals surface area contributed by atoms with Crippen LogP contribution in [-0.2, 0) is 13.1 Å². The molecule has 0 saturated carbocycles. The lowest BCUT2D eigenvalue weighted by Gasteiger charge is -2.36. The Morgan fingerprint density at radius 2 is 2.15 bits per heavy atom. The molecule has 0 amide bonds. The van der Waals surface area contributed by atoms with Gasteiger partial charge in [0.1, 0.15) is 6.26 Å². The molecule has 146 valence electrons. The maximum Gasteiger partial charge on any atom is 0.218 e. The summed E-state index contributed by atoms with van der Waals surface area (Å²) >= 11 is 0. The largest absolute Gasteiger partial charge is 0.477 e. The molecule has 1 fully saturated rings. The van der Waals surface area contributed by atoms with Crippen LogP contribution >= 0.6 is 0 Å². The lowest BCUT2D eigenvalue weighted by atomic mass is 10.2. The van der Waals surface area contributed by atoms with Crippen LogP contribution in [0.4, 0.5) is 0 Å². The minimum Gasteiger partial charge on any atom is -0.477 e. The number of nitrogens with zero attached hydrogens (tertiary/aromatic N) is 5. The highest BCUT2D eigenvalue weighted by molar-refractivity contribution is 5.80. The van der Waals surface area contributed by atoms with Gasteiger partial charge in [-0.25, -0.2) is 4.98 Å². The zero-order valence-electron chi connectivity index (χ0n) is 16.1. The van der Waals surface area contributed by atoms with Crippen molar-refractivity contribution in [2.24, 2.45) is 4.99 Å². The highest BCUT2D eigenvalue weighted by Crippen LogP contribution is 2.14. The number of hydrogen-bond donors (Lipinski definition) is 1. The fraction of sp³-hybridized carbons (Fsp3) is 0.526. The van der Waals surface area contributed by atoms with Crippen molar-refractivity contribution >= 4 is 5.96 Å². The monoisotopic (exact) mass is 372 g/mol. The van der Waals surface area contributed by atoms with E-state index in [1.54, 1.807) is 12.5 Å². The Bertz CT molecular complexity index is 711. The van der Waals surface area contributed by atoms with E-state index in [9.17, 15) is 0 Å². The first-order valence-corrected chi connectivity index (χ1v) is 9.44. The van der Waals surface area contributed by atoms with Gasteiger partial charge in [-0.05, 0) is 12.5 Å². The van der Waals surface area contributed by atoms with Gasteiger partial charge >= 0.3 is 0 Å². The van der Waals surface area contributed by atoms with Crippen molar-refractivity contribution in [1.82, 2.24) is 25.3 Å². The van der Waals surface area contributed by atoms with E-state index in [0.717, 1.165) is 56.4 Å². The Morgan fingerprint density at radius 1 is 1.30 bits per heavy atom. The Hall–Kier alpha value is -2.61. The number of hydrogen-bond acceptors (Lipinski definition) is 6. The van der Waals surface area contributed by atoms with Crippen molar-refractivity contribution in [3.05, 3.63) is 41.9 Å². The second-order valence-electron chi connectivity index (χ2n) is 6.47. The number of aromatic nitrogens is 2. The second kappa shape index (κ2) is 9.91. The molecule has 1 N–H and O–H groups in total. The number of pyridine rings is 1. The Balaban J connectivity index is 1.50. The summed E-state index contributed by atoms with van der Waals surface area (Å²) < 4.78 is 10.6. The number of rotatable bonds is 7. The molecule has 8 nitrogen and oxygen atoms in total. The van der Waals surface area contributed by atoms with Gasteiger partial charge in [0.15, 0.2) is 5.96 Å². The van der Waals surface area contributed by atoms with Crippen LogP contribution < -0.4 is 10.1 Å². The molecule has 2 aromatic rings. The molecule has 1 aliphatic heterocycles. The number of piperazine rings is 1. The standard InChI is InChI=1S/C19H28N6O2/c1-3-12-26-18-16(5-4-7-21-18)14-22-19(20-2)25-10-8-24(9-11-25)15-17-6-13-27-23-17/h4-7,13H,3,8-12,14-15H2,1-2H3,(H,20,22). The molecule has 3 heterocycles. The van der Waals surface area contributed by atoms with E-state index in [0.29, 0.717) is 19.0 Å². The van der Waals surface area contributed by atoms with E-state index in [4.69, 9.17) is 9.26 Å². The number of guanidine groups is 1. The summed E-state index contributed by atoms with van der Waals surface area (Å²) in [7, 11) is 1.82. The smallest absolute Gasteiger partial charge is 0.218 e. The van der Waals surface area contributed by atoms with Crippen molar-refractivity contribution in [2.75, 3.05) is 39.8 Å². The van der Waals surface area contributed by atoms with Crippen LogP contribution in [0.3, 0.4) is 0 Å². The molecule has 0 aliphatic carbocycles. The molecule has 0 atom stereocenters. The molecular formula is C19H28N6O2. The molecule has 3 rings (SSSR count). The van der Waals surface area contributed by atoms with Crippen LogP contribution in [0, 0.1) is 0 Å². The average molecular weight is 372 g/mol. The summed E-state index contributed by atoms with van der Waals surface area (Å²) in [5.74, 6) is 1.60. The van der Waals surface area contributed by atoms with Gasteiger partial charge in [-0.15, -0.1) is 0 Å². The van der Waals surface area contributed by atoms with Gasteiger partial charge in [0.25, 0.3) is 0 Å². The summed E-state index contributed by atoms with van der Waals surface area (Å²) in [6, 6.07) is 5.88. The molecule has 0 aromatic carbocycles. The van der Waals surface area contributed by atoms with Gasteiger partial charge < -0.3 is 19.5 Å². The van der Waals surface area contributed by atoms with Crippen LogP contribution in [-0.4, -0.2) is 65.7 Å². The highest BCUT2D eigenvalue weighted by atomic mass is 16.5. The molecule has 2 aromatic heterocycles. The molecule has 0 spiro atoms. The summed E-state index contributed by atoms with van der Waals surface area (Å²) in [5, 5.41) is 7.43. The van der Waals surface area contributed by atoms with Gasteiger partial charge in [0.05, 0.1) is 12.3 Å². The van der Waals surface area contributed by atoms with Crippen LogP contribution in [0.15, 0.2) is 40.2 Å². The summed E-state index contributed by atoms with van der Waals surface area (Å²) in [6.45, 7) is 7.99. The van der Waals surface area contributed by atoms with Gasteiger partial charge in [-0.1, -0.05) is 18.1 Å². The predicted octanol–water partition coefficient (Wildman–Crippen LogP) is 1.75. The highest BCUT2D eigenvalue weighted by Gasteiger charge is 2.20. The SMILES string of the molecule is CCCOc1ncccc1CNC(=NC)N1CCN(Cc2ccon2)CC1. The van der Waals surface area contributed by atoms with E-state index < -0.39 is 0 Å². The number of aliphatic imine (C=N–C) groups is 1. The third-order valence-corrected chi connectivity index (χ3v) is 4.49. The maximum absolute atomic E-state index is 5.74. The van der Waals surface area contributed by atoms with Crippen molar-refractivity contribution in [2.45, 2.75) is 26.4 Å². The predicted molar refractivity (Wildman–Crippen MR) is 104 cm³/mol. The van der Waals surface area contributed by atoms with Crippen molar-refractivity contribution in [3.8, 4) is 5.88 Å². The molecule has 8 heteroatoms. The molecule has 27 heavy (non-hydrogen) atoms. The maximum atomic E-state index is 5.74. The number of ether oxygens (including phenoxy) is 1. The fourth-order valence-corrected chi connectivity index (χ4v) is 3.06. The van der Waals surface area contributed by atoms with Crippen molar-refractivity contribution in [3.63, 3.8) is 0 Å². The van der Waals surface area contributed by atoms with Gasteiger partial charge in [-0.3, -0.25) is 9.89 Å².